The molecule has 1 aromatic rings. The van der Waals surface area contributed by atoms with Gasteiger partial charge in [-0.2, -0.15) is 11.3 Å². The van der Waals surface area contributed by atoms with Crippen molar-refractivity contribution in [2.45, 2.75) is 31.3 Å². The first-order valence-electron chi connectivity index (χ1n) is 6.60. The molecule has 6 heteroatoms. The highest BCUT2D eigenvalue weighted by molar-refractivity contribution is 7.08. The summed E-state index contributed by atoms with van der Waals surface area (Å²) in [6, 6.07) is 1.93. The normalized spacial score (nSPS) is 26.8. The number of hydrogen-bond acceptors (Lipinski definition) is 4. The third-order valence-corrected chi connectivity index (χ3v) is 4.80. The molecule has 20 heavy (non-hydrogen) atoms. The van der Waals surface area contributed by atoms with Gasteiger partial charge in [-0.25, -0.2) is 4.79 Å². The molecule has 0 aliphatic carbocycles. The summed E-state index contributed by atoms with van der Waals surface area (Å²) in [7, 11) is 3.90. The van der Waals surface area contributed by atoms with E-state index in [1.807, 2.05) is 24.4 Å². The molecule has 0 spiro atoms. The number of aliphatic carboxylic acids is 1. The Bertz CT molecular complexity index is 501. The number of carbonyl (C=O) groups is 2. The van der Waals surface area contributed by atoms with E-state index >= 15 is 0 Å². The summed E-state index contributed by atoms with van der Waals surface area (Å²) in [4.78, 5) is 27.8. The van der Waals surface area contributed by atoms with Gasteiger partial charge in [0.25, 0.3) is 5.91 Å². The second-order valence-corrected chi connectivity index (χ2v) is 6.44. The molecular weight excluding hydrogens is 276 g/mol. The van der Waals surface area contributed by atoms with E-state index in [0.29, 0.717) is 18.5 Å². The van der Waals surface area contributed by atoms with Crippen molar-refractivity contribution in [1.29, 1.82) is 0 Å². The minimum atomic E-state index is -1.15. The molecule has 2 atom stereocenters. The van der Waals surface area contributed by atoms with Gasteiger partial charge in [-0.05, 0) is 45.3 Å². The monoisotopic (exact) mass is 296 g/mol. The number of likely N-dealkylation sites (tertiary alicyclic amines) is 1. The fourth-order valence-corrected chi connectivity index (χ4v) is 3.34. The molecular formula is C14H20N2O3S. The second kappa shape index (κ2) is 5.54. The van der Waals surface area contributed by atoms with E-state index < -0.39 is 11.5 Å². The fraction of sp³-hybridized carbons (Fsp3) is 0.571. The van der Waals surface area contributed by atoms with Gasteiger partial charge in [-0.3, -0.25) is 4.79 Å². The van der Waals surface area contributed by atoms with Crippen LogP contribution in [-0.4, -0.2) is 59.0 Å². The molecule has 1 saturated heterocycles. The van der Waals surface area contributed by atoms with Gasteiger partial charge in [0, 0.05) is 18.0 Å². The molecule has 1 aromatic heterocycles. The standard InChI is InChI=1S/C14H20N2O3S/c1-14(13(18)19)8-11(15(2)3)4-6-16(14)12(17)10-5-7-20-9-10/h5,7,9,11H,4,6,8H2,1-3H3,(H,18,19). The summed E-state index contributed by atoms with van der Waals surface area (Å²) in [5, 5.41) is 13.2. The van der Waals surface area contributed by atoms with E-state index in [0.717, 1.165) is 6.42 Å². The molecule has 2 rings (SSSR count). The first-order valence-corrected chi connectivity index (χ1v) is 7.54. The fourth-order valence-electron chi connectivity index (χ4n) is 2.71. The molecule has 1 N–H and O–H groups in total. The highest BCUT2D eigenvalue weighted by atomic mass is 32.1. The summed E-state index contributed by atoms with van der Waals surface area (Å²) in [5.41, 5.74) is -0.572. The van der Waals surface area contributed by atoms with Crippen molar-refractivity contribution in [3.05, 3.63) is 22.4 Å². The molecule has 0 radical (unpaired) electrons. The average Bonchev–Trinajstić information content (AvgIpc) is 2.91. The molecule has 5 nitrogen and oxygen atoms in total. The zero-order chi connectivity index (χ0) is 14.9. The second-order valence-electron chi connectivity index (χ2n) is 5.66. The van der Waals surface area contributed by atoms with E-state index in [-0.39, 0.29) is 11.9 Å². The average molecular weight is 296 g/mol. The van der Waals surface area contributed by atoms with Gasteiger partial charge in [-0.1, -0.05) is 0 Å². The molecule has 1 aliphatic rings. The Morgan fingerprint density at radius 1 is 1.50 bits per heavy atom. The summed E-state index contributed by atoms with van der Waals surface area (Å²) in [6.45, 7) is 2.12. The van der Waals surface area contributed by atoms with Crippen molar-refractivity contribution in [2.75, 3.05) is 20.6 Å². The van der Waals surface area contributed by atoms with Crippen LogP contribution in [0.15, 0.2) is 16.8 Å². The maximum atomic E-state index is 12.5. The van der Waals surface area contributed by atoms with Gasteiger partial charge in [0.05, 0.1) is 5.56 Å². The predicted molar refractivity (Wildman–Crippen MR) is 78.1 cm³/mol. The predicted octanol–water partition coefficient (Wildman–Crippen LogP) is 1.76. The van der Waals surface area contributed by atoms with E-state index in [1.54, 1.807) is 18.4 Å². The number of amides is 1. The summed E-state index contributed by atoms with van der Waals surface area (Å²) in [5.74, 6) is -1.12. The van der Waals surface area contributed by atoms with Crippen LogP contribution in [0.4, 0.5) is 0 Å². The van der Waals surface area contributed by atoms with E-state index in [1.165, 1.54) is 16.2 Å². The van der Waals surface area contributed by atoms with Gasteiger partial charge in [0.15, 0.2) is 0 Å². The number of rotatable bonds is 3. The first kappa shape index (κ1) is 15.0. The number of thiophene rings is 1. The Morgan fingerprint density at radius 3 is 2.70 bits per heavy atom. The van der Waals surface area contributed by atoms with Crippen molar-refractivity contribution in [1.82, 2.24) is 9.80 Å². The zero-order valence-corrected chi connectivity index (χ0v) is 12.8. The van der Waals surface area contributed by atoms with Crippen LogP contribution in [0.5, 0.6) is 0 Å². The third kappa shape index (κ3) is 2.58. The Hall–Kier alpha value is -1.40. The molecule has 0 saturated carbocycles. The Morgan fingerprint density at radius 2 is 2.20 bits per heavy atom. The number of piperidine rings is 1. The third-order valence-electron chi connectivity index (χ3n) is 4.12. The topological polar surface area (TPSA) is 60.9 Å². The number of carboxylic acids is 1. The number of carbonyl (C=O) groups excluding carboxylic acids is 1. The quantitative estimate of drug-likeness (QED) is 0.923. The molecule has 1 amide bonds. The van der Waals surface area contributed by atoms with Crippen LogP contribution < -0.4 is 0 Å². The van der Waals surface area contributed by atoms with Gasteiger partial charge in [-0.15, -0.1) is 0 Å². The Labute approximate surface area is 122 Å². The minimum absolute atomic E-state index is 0.183. The van der Waals surface area contributed by atoms with Crippen molar-refractivity contribution in [2.24, 2.45) is 0 Å². The molecule has 110 valence electrons. The molecule has 2 unspecified atom stereocenters. The SMILES string of the molecule is CN(C)C1CCN(C(=O)c2ccsc2)C(C)(C(=O)O)C1. The number of nitrogens with zero attached hydrogens (tertiary/aromatic N) is 2. The largest absolute Gasteiger partial charge is 0.480 e. The molecule has 0 aromatic carbocycles. The molecule has 2 heterocycles. The highest BCUT2D eigenvalue weighted by Gasteiger charge is 2.47. The lowest BCUT2D eigenvalue weighted by Gasteiger charge is -2.46. The number of carboxylic acid groups (broad SMARTS) is 1. The lowest BCUT2D eigenvalue weighted by molar-refractivity contribution is -0.152. The highest BCUT2D eigenvalue weighted by Crippen LogP contribution is 2.32. The van der Waals surface area contributed by atoms with Crippen molar-refractivity contribution >= 4 is 23.2 Å². The first-order chi connectivity index (χ1) is 9.36. The van der Waals surface area contributed by atoms with Gasteiger partial charge in [0.1, 0.15) is 5.54 Å². The molecule has 0 bridgehead atoms. The van der Waals surface area contributed by atoms with Crippen LogP contribution in [0, 0.1) is 0 Å². The minimum Gasteiger partial charge on any atom is -0.480 e. The van der Waals surface area contributed by atoms with Crippen molar-refractivity contribution in [3.63, 3.8) is 0 Å². The molecule has 1 fully saturated rings. The Balaban J connectivity index is 2.28. The van der Waals surface area contributed by atoms with Gasteiger partial charge >= 0.3 is 5.97 Å². The van der Waals surface area contributed by atoms with Crippen molar-refractivity contribution in [3.8, 4) is 0 Å². The lowest BCUT2D eigenvalue weighted by atomic mass is 9.84. The van der Waals surface area contributed by atoms with Crippen molar-refractivity contribution < 1.29 is 14.7 Å². The van der Waals surface area contributed by atoms with Crippen LogP contribution in [-0.2, 0) is 4.79 Å². The van der Waals surface area contributed by atoms with Crippen LogP contribution in [0.3, 0.4) is 0 Å². The smallest absolute Gasteiger partial charge is 0.329 e. The van der Waals surface area contributed by atoms with Crippen LogP contribution in [0.25, 0.3) is 0 Å². The van der Waals surface area contributed by atoms with Crippen LogP contribution >= 0.6 is 11.3 Å². The number of hydrogen-bond donors (Lipinski definition) is 1. The lowest BCUT2D eigenvalue weighted by Crippen LogP contribution is -2.61. The summed E-state index contributed by atoms with van der Waals surface area (Å²) >= 11 is 1.44. The van der Waals surface area contributed by atoms with Crippen LogP contribution in [0.1, 0.15) is 30.1 Å². The van der Waals surface area contributed by atoms with Crippen LogP contribution in [0.2, 0.25) is 0 Å². The Kier molecular flexibility index (Phi) is 4.15. The van der Waals surface area contributed by atoms with E-state index in [2.05, 4.69) is 0 Å². The maximum absolute atomic E-state index is 12.5. The summed E-state index contributed by atoms with van der Waals surface area (Å²) in [6.07, 6.45) is 1.25. The summed E-state index contributed by atoms with van der Waals surface area (Å²) < 4.78 is 0. The van der Waals surface area contributed by atoms with Gasteiger partial charge < -0.3 is 14.9 Å². The zero-order valence-electron chi connectivity index (χ0n) is 12.0. The molecule has 1 aliphatic heterocycles. The van der Waals surface area contributed by atoms with E-state index in [4.69, 9.17) is 0 Å². The maximum Gasteiger partial charge on any atom is 0.329 e. The van der Waals surface area contributed by atoms with Gasteiger partial charge in [0.2, 0.25) is 0 Å². The van der Waals surface area contributed by atoms with E-state index in [9.17, 15) is 14.7 Å².